The summed E-state index contributed by atoms with van der Waals surface area (Å²) in [6, 6.07) is 9.12. The Balaban J connectivity index is 3.80. The molecule has 0 saturated carbocycles. The van der Waals surface area contributed by atoms with E-state index >= 15 is 0 Å². The molecule has 0 radical (unpaired) electrons. The van der Waals surface area contributed by atoms with Gasteiger partial charge in [0.2, 0.25) is 0 Å². The number of hydrogen-bond acceptors (Lipinski definition) is 4. The third-order valence-corrected chi connectivity index (χ3v) is 3.58. The van der Waals surface area contributed by atoms with Gasteiger partial charge in [-0.1, -0.05) is 13.8 Å². The fraction of sp³-hybridized carbons (Fsp3) is 0.353. The molecule has 0 unspecified atom stereocenters. The lowest BCUT2D eigenvalue weighted by Gasteiger charge is -2.22. The second-order valence-electron chi connectivity index (χ2n) is 4.58. The van der Waals surface area contributed by atoms with Crippen molar-refractivity contribution in [3.63, 3.8) is 0 Å². The average Bonchev–Trinajstić information content (AvgIpc) is 2.58. The van der Waals surface area contributed by atoms with Crippen LogP contribution >= 0.6 is 0 Å². The Morgan fingerprint density at radius 1 is 1.14 bits per heavy atom. The van der Waals surface area contributed by atoms with Crippen molar-refractivity contribution in [3.05, 3.63) is 39.8 Å². The Morgan fingerprint density at radius 3 is 2.09 bits per heavy atom. The normalized spacial score (nSPS) is 10.0. The molecular formula is C17H15N4O-. The van der Waals surface area contributed by atoms with Gasteiger partial charge < -0.3 is 10.1 Å². The van der Waals surface area contributed by atoms with Gasteiger partial charge in [0.25, 0.3) is 5.60 Å². The maximum absolute atomic E-state index is 9.38. The van der Waals surface area contributed by atoms with Gasteiger partial charge in [-0.05, 0) is 36.1 Å². The maximum Gasteiger partial charge on any atom is 0.267 e. The zero-order chi connectivity index (χ0) is 16.8. The summed E-state index contributed by atoms with van der Waals surface area (Å²) < 4.78 is 5.16. The third kappa shape index (κ3) is 2.76. The van der Waals surface area contributed by atoms with Crippen LogP contribution in [0.3, 0.4) is 0 Å². The molecule has 22 heavy (non-hydrogen) atoms. The second-order valence-corrected chi connectivity index (χ2v) is 4.58. The fourth-order valence-electron chi connectivity index (χ4n) is 2.33. The summed E-state index contributed by atoms with van der Waals surface area (Å²) in [4.78, 5) is 0. The highest BCUT2D eigenvalue weighted by atomic mass is 16.5. The molecule has 0 aliphatic rings. The van der Waals surface area contributed by atoms with Crippen LogP contribution in [0.5, 0.6) is 0 Å². The Kier molecular flexibility index (Phi) is 5.62. The number of methoxy groups -OCH3 is 1. The number of benzene rings is 1. The number of aryl methyl sites for hydroxylation is 2. The highest BCUT2D eigenvalue weighted by molar-refractivity contribution is 5.99. The number of hydrogen-bond donors (Lipinski definition) is 0. The Bertz CT molecular complexity index is 739. The lowest BCUT2D eigenvalue weighted by Crippen LogP contribution is -2.26. The first kappa shape index (κ1) is 17.2. The van der Waals surface area contributed by atoms with Crippen LogP contribution in [0.1, 0.15) is 36.1 Å². The van der Waals surface area contributed by atoms with E-state index in [2.05, 4.69) is 0 Å². The van der Waals surface area contributed by atoms with E-state index in [9.17, 15) is 10.5 Å². The van der Waals surface area contributed by atoms with E-state index in [0.717, 1.165) is 5.56 Å². The molecule has 0 aliphatic carbocycles. The molecule has 5 heteroatoms. The molecule has 0 spiro atoms. The largest absolute Gasteiger partial charge is 0.762 e. The SMILES string of the molecule is CCc1cc(C(C#N)(C#N)OC)c(CC)cc1C(=C=[N-])C#N. The molecule has 1 aromatic carbocycles. The third-order valence-electron chi connectivity index (χ3n) is 3.58. The van der Waals surface area contributed by atoms with Gasteiger partial charge in [-0.25, -0.2) is 5.87 Å². The van der Waals surface area contributed by atoms with Gasteiger partial charge in [0.05, 0.1) is 5.57 Å². The van der Waals surface area contributed by atoms with E-state index < -0.39 is 5.60 Å². The highest BCUT2D eigenvalue weighted by Gasteiger charge is 2.35. The van der Waals surface area contributed by atoms with Gasteiger partial charge in [0.15, 0.2) is 0 Å². The molecule has 1 rings (SSSR count). The zero-order valence-corrected chi connectivity index (χ0v) is 12.8. The van der Waals surface area contributed by atoms with Crippen LogP contribution in [0.15, 0.2) is 12.1 Å². The van der Waals surface area contributed by atoms with Gasteiger partial charge in [-0.15, -0.1) is 0 Å². The summed E-state index contributed by atoms with van der Waals surface area (Å²) in [7, 11) is 1.31. The quantitative estimate of drug-likeness (QED) is 0.614. The second kappa shape index (κ2) is 7.21. The summed E-state index contributed by atoms with van der Waals surface area (Å²) in [5.41, 5.74) is 0.799. The molecule has 0 amide bonds. The molecule has 0 heterocycles. The standard InChI is InChI=1S/C17H15N4O/c1-4-12-7-16(17(10-20,11-21)22-3)13(5-2)6-15(12)14(8-18)9-19/h6-7H,4-5H2,1-3H3/q-1. The first-order valence-electron chi connectivity index (χ1n) is 6.78. The minimum absolute atomic E-state index is 0.0232. The van der Waals surface area contributed by atoms with Gasteiger partial charge >= 0.3 is 0 Å². The number of ether oxygens (including phenoxy) is 1. The molecule has 0 N–H and O–H groups in total. The first-order valence-corrected chi connectivity index (χ1v) is 6.78. The van der Waals surface area contributed by atoms with Gasteiger partial charge in [0.1, 0.15) is 18.2 Å². The Morgan fingerprint density at radius 2 is 1.73 bits per heavy atom. The molecule has 0 fully saturated rings. The predicted molar refractivity (Wildman–Crippen MR) is 82.5 cm³/mol. The molecule has 5 nitrogen and oxygen atoms in total. The predicted octanol–water partition coefficient (Wildman–Crippen LogP) is 2.85. The summed E-state index contributed by atoms with van der Waals surface area (Å²) in [6.45, 7) is 3.76. The highest BCUT2D eigenvalue weighted by Crippen LogP contribution is 2.32. The van der Waals surface area contributed by atoms with Crippen molar-refractivity contribution in [1.29, 1.82) is 15.8 Å². The molecule has 0 saturated heterocycles. The minimum atomic E-state index is -1.69. The summed E-state index contributed by atoms with van der Waals surface area (Å²) in [5, 5.41) is 36.9. The minimum Gasteiger partial charge on any atom is -0.762 e. The molecular weight excluding hydrogens is 276 g/mol. The molecule has 0 bridgehead atoms. The molecule has 1 aromatic rings. The van der Waals surface area contributed by atoms with E-state index in [-0.39, 0.29) is 5.57 Å². The topological polar surface area (TPSA) is 103 Å². The van der Waals surface area contributed by atoms with Crippen LogP contribution in [0.25, 0.3) is 11.0 Å². The number of nitriles is 3. The van der Waals surface area contributed by atoms with Crippen LogP contribution in [0.2, 0.25) is 0 Å². The van der Waals surface area contributed by atoms with Gasteiger partial charge in [-0.3, -0.25) is 0 Å². The summed E-state index contributed by atoms with van der Waals surface area (Å²) in [5.74, 6) is 1.89. The average molecular weight is 291 g/mol. The lowest BCUT2D eigenvalue weighted by atomic mass is 9.85. The van der Waals surface area contributed by atoms with Crippen LogP contribution in [-0.4, -0.2) is 13.0 Å². The maximum atomic E-state index is 9.38. The van der Waals surface area contributed by atoms with Crippen molar-refractivity contribution in [2.45, 2.75) is 32.3 Å². The van der Waals surface area contributed by atoms with Crippen molar-refractivity contribution in [1.82, 2.24) is 0 Å². The molecule has 0 atom stereocenters. The monoisotopic (exact) mass is 291 g/mol. The van der Waals surface area contributed by atoms with Crippen molar-refractivity contribution in [2.75, 3.05) is 7.11 Å². The fourth-order valence-corrected chi connectivity index (χ4v) is 2.33. The number of allylic oxidation sites excluding steroid dienone is 1. The summed E-state index contributed by atoms with van der Waals surface area (Å²) >= 11 is 0. The Labute approximate surface area is 130 Å². The number of rotatable bonds is 5. The number of nitrogens with zero attached hydrogens (tertiary/aromatic N) is 4. The van der Waals surface area contributed by atoms with Crippen molar-refractivity contribution in [2.24, 2.45) is 0 Å². The summed E-state index contributed by atoms with van der Waals surface area (Å²) in [6.07, 6.45) is 1.11. The molecule has 0 aliphatic heterocycles. The lowest BCUT2D eigenvalue weighted by molar-refractivity contribution is 0.0851. The van der Waals surface area contributed by atoms with E-state index in [0.29, 0.717) is 29.5 Å². The zero-order valence-electron chi connectivity index (χ0n) is 12.8. The first-order chi connectivity index (χ1) is 10.6. The van der Waals surface area contributed by atoms with Crippen LogP contribution in [0.4, 0.5) is 0 Å². The van der Waals surface area contributed by atoms with Gasteiger partial charge in [0, 0.05) is 18.2 Å². The van der Waals surface area contributed by atoms with Crippen LogP contribution < -0.4 is 0 Å². The van der Waals surface area contributed by atoms with Crippen molar-refractivity contribution >= 4 is 11.4 Å². The Hall–Kier alpha value is -2.90. The van der Waals surface area contributed by atoms with Crippen LogP contribution in [0, 0.1) is 34.0 Å². The smallest absolute Gasteiger partial charge is 0.267 e. The van der Waals surface area contributed by atoms with E-state index in [1.165, 1.54) is 7.11 Å². The van der Waals surface area contributed by atoms with Crippen molar-refractivity contribution < 1.29 is 4.74 Å². The molecule has 0 aromatic heterocycles. The van der Waals surface area contributed by atoms with Crippen LogP contribution in [-0.2, 0) is 23.2 Å². The van der Waals surface area contributed by atoms with Crippen molar-refractivity contribution in [3.8, 4) is 18.2 Å². The van der Waals surface area contributed by atoms with Gasteiger partial charge in [-0.2, -0.15) is 15.8 Å². The van der Waals surface area contributed by atoms with E-state index in [1.54, 1.807) is 12.1 Å². The molecule has 110 valence electrons. The van der Waals surface area contributed by atoms with E-state index in [1.807, 2.05) is 37.9 Å². The van der Waals surface area contributed by atoms with E-state index in [4.69, 9.17) is 15.4 Å².